The standard InChI is InChI=1S/C24H44O3Si/c1-7-8-9-13-21(27-28(5,6)23(2,3)4)16-15-20-12-10-17-24(19-20)18-11-14-22(25)26-24/h15-16,20-21H,7-14,17-19H2,1-6H3/b16-15+/t20-,21?,24+/m1/s1. The summed E-state index contributed by atoms with van der Waals surface area (Å²) in [4.78, 5) is 11.9. The number of unbranched alkanes of at least 4 members (excludes halogenated alkanes) is 2. The number of carbonyl (C=O) groups is 1. The Morgan fingerprint density at radius 1 is 1.25 bits per heavy atom. The van der Waals surface area contributed by atoms with Crippen LogP contribution in [0.3, 0.4) is 0 Å². The second-order valence-corrected chi connectivity index (χ2v) is 15.4. The Labute approximate surface area is 174 Å². The molecule has 0 aromatic heterocycles. The Bertz CT molecular complexity index is 530. The number of esters is 1. The SMILES string of the molecule is CCCCCC(/C=C/[C@H]1CCC[C@]2(CCCC(=O)O2)C1)O[Si](C)(C)C(C)(C)C. The number of rotatable bonds is 8. The molecule has 1 aliphatic heterocycles. The van der Waals surface area contributed by atoms with Crippen LogP contribution in [-0.4, -0.2) is 26.0 Å². The van der Waals surface area contributed by atoms with E-state index in [1.165, 1.54) is 25.7 Å². The number of allylic oxidation sites excluding steroid dienone is 1. The molecular formula is C24H44O3Si. The van der Waals surface area contributed by atoms with Gasteiger partial charge in [0.05, 0.1) is 6.10 Å². The first-order valence-electron chi connectivity index (χ1n) is 11.6. The molecule has 0 aromatic rings. The maximum atomic E-state index is 11.9. The molecule has 0 aromatic carbocycles. The lowest BCUT2D eigenvalue weighted by Crippen LogP contribution is -2.44. The van der Waals surface area contributed by atoms with Gasteiger partial charge in [-0.15, -0.1) is 0 Å². The molecule has 0 bridgehead atoms. The Morgan fingerprint density at radius 2 is 1.96 bits per heavy atom. The normalized spacial score (nSPS) is 27.9. The van der Waals surface area contributed by atoms with Crippen molar-refractivity contribution in [2.45, 2.75) is 128 Å². The summed E-state index contributed by atoms with van der Waals surface area (Å²) in [7, 11) is -1.78. The minimum atomic E-state index is -1.78. The highest BCUT2D eigenvalue weighted by Crippen LogP contribution is 2.42. The maximum absolute atomic E-state index is 11.9. The lowest BCUT2D eigenvalue weighted by atomic mass is 9.74. The largest absolute Gasteiger partial charge is 0.459 e. The van der Waals surface area contributed by atoms with E-state index in [1.54, 1.807) is 0 Å². The van der Waals surface area contributed by atoms with Crippen molar-refractivity contribution in [3.05, 3.63) is 12.2 Å². The molecule has 1 unspecified atom stereocenters. The first-order chi connectivity index (χ1) is 13.1. The predicted octanol–water partition coefficient (Wildman–Crippen LogP) is 7.17. The van der Waals surface area contributed by atoms with Crippen molar-refractivity contribution in [2.75, 3.05) is 0 Å². The molecule has 2 aliphatic rings. The molecule has 0 radical (unpaired) electrons. The highest BCUT2D eigenvalue weighted by molar-refractivity contribution is 6.74. The minimum Gasteiger partial charge on any atom is -0.459 e. The third-order valence-electron chi connectivity index (χ3n) is 7.13. The zero-order valence-electron chi connectivity index (χ0n) is 19.3. The summed E-state index contributed by atoms with van der Waals surface area (Å²) in [6.45, 7) is 13.9. The second kappa shape index (κ2) is 9.93. The molecule has 2 fully saturated rings. The molecule has 28 heavy (non-hydrogen) atoms. The molecule has 1 saturated heterocycles. The number of ether oxygens (including phenoxy) is 1. The minimum absolute atomic E-state index is 0.00887. The van der Waals surface area contributed by atoms with Gasteiger partial charge in [0, 0.05) is 6.42 Å². The van der Waals surface area contributed by atoms with Gasteiger partial charge < -0.3 is 9.16 Å². The summed E-state index contributed by atoms with van der Waals surface area (Å²) in [5.74, 6) is 0.519. The Kier molecular flexibility index (Phi) is 8.39. The highest BCUT2D eigenvalue weighted by Gasteiger charge is 2.41. The smallest absolute Gasteiger partial charge is 0.306 e. The third-order valence-corrected chi connectivity index (χ3v) is 11.6. The fourth-order valence-corrected chi connectivity index (χ4v) is 5.68. The molecule has 0 N–H and O–H groups in total. The third kappa shape index (κ3) is 6.72. The number of hydrogen-bond acceptors (Lipinski definition) is 3. The van der Waals surface area contributed by atoms with Crippen LogP contribution in [-0.2, 0) is 14.0 Å². The second-order valence-electron chi connectivity index (χ2n) is 10.7. The molecule has 1 spiro atoms. The van der Waals surface area contributed by atoms with E-state index in [4.69, 9.17) is 9.16 Å². The summed E-state index contributed by atoms with van der Waals surface area (Å²) in [6.07, 6.45) is 16.9. The van der Waals surface area contributed by atoms with Gasteiger partial charge >= 0.3 is 5.97 Å². The van der Waals surface area contributed by atoms with E-state index in [2.05, 4.69) is 52.9 Å². The number of carbonyl (C=O) groups excluding carboxylic acids is 1. The van der Waals surface area contributed by atoms with E-state index in [1.807, 2.05) is 0 Å². The summed E-state index contributed by atoms with van der Waals surface area (Å²) in [5, 5.41) is 0.231. The zero-order chi connectivity index (χ0) is 20.8. The van der Waals surface area contributed by atoms with E-state index < -0.39 is 8.32 Å². The fourth-order valence-electron chi connectivity index (χ4n) is 4.38. The summed E-state index contributed by atoms with van der Waals surface area (Å²) >= 11 is 0. The van der Waals surface area contributed by atoms with Crippen LogP contribution in [0.2, 0.25) is 18.1 Å². The molecule has 162 valence electrons. The molecular weight excluding hydrogens is 364 g/mol. The Morgan fingerprint density at radius 3 is 2.61 bits per heavy atom. The van der Waals surface area contributed by atoms with Gasteiger partial charge in [-0.25, -0.2) is 0 Å². The van der Waals surface area contributed by atoms with Crippen molar-refractivity contribution in [1.82, 2.24) is 0 Å². The van der Waals surface area contributed by atoms with Crippen LogP contribution in [0.25, 0.3) is 0 Å². The van der Waals surface area contributed by atoms with Gasteiger partial charge in [-0.2, -0.15) is 0 Å². The summed E-state index contributed by atoms with van der Waals surface area (Å²) in [5.41, 5.74) is -0.180. The molecule has 3 nitrogen and oxygen atoms in total. The van der Waals surface area contributed by atoms with E-state index in [0.29, 0.717) is 12.3 Å². The van der Waals surface area contributed by atoms with E-state index in [9.17, 15) is 4.79 Å². The van der Waals surface area contributed by atoms with Gasteiger partial charge in [-0.1, -0.05) is 59.1 Å². The fraction of sp³-hybridized carbons (Fsp3) is 0.875. The Balaban J connectivity index is 2.02. The Hall–Kier alpha value is -0.613. The van der Waals surface area contributed by atoms with Gasteiger partial charge in [0.15, 0.2) is 8.32 Å². The molecule has 2 rings (SSSR count). The molecule has 3 atom stereocenters. The monoisotopic (exact) mass is 408 g/mol. The van der Waals surface area contributed by atoms with Gasteiger partial charge in [0.1, 0.15) is 5.60 Å². The number of hydrogen-bond donors (Lipinski definition) is 0. The first-order valence-corrected chi connectivity index (χ1v) is 14.6. The quantitative estimate of drug-likeness (QED) is 0.185. The molecule has 1 saturated carbocycles. The van der Waals surface area contributed by atoms with Crippen LogP contribution < -0.4 is 0 Å². The highest BCUT2D eigenvalue weighted by atomic mass is 28.4. The maximum Gasteiger partial charge on any atom is 0.306 e. The van der Waals surface area contributed by atoms with E-state index in [0.717, 1.165) is 38.5 Å². The van der Waals surface area contributed by atoms with Gasteiger partial charge in [0.2, 0.25) is 0 Å². The molecule has 0 amide bonds. The average Bonchev–Trinajstić information content (AvgIpc) is 2.58. The average molecular weight is 409 g/mol. The van der Waals surface area contributed by atoms with Crippen molar-refractivity contribution < 1.29 is 14.0 Å². The zero-order valence-corrected chi connectivity index (χ0v) is 20.3. The van der Waals surface area contributed by atoms with Crippen molar-refractivity contribution in [2.24, 2.45) is 5.92 Å². The molecule has 4 heteroatoms. The summed E-state index contributed by atoms with van der Waals surface area (Å²) < 4.78 is 12.6. The topological polar surface area (TPSA) is 35.5 Å². The van der Waals surface area contributed by atoms with Gasteiger partial charge in [-0.05, 0) is 69.0 Å². The van der Waals surface area contributed by atoms with Crippen molar-refractivity contribution in [1.29, 1.82) is 0 Å². The van der Waals surface area contributed by atoms with E-state index >= 15 is 0 Å². The van der Waals surface area contributed by atoms with Crippen molar-refractivity contribution >= 4 is 14.3 Å². The van der Waals surface area contributed by atoms with Crippen LogP contribution in [0.15, 0.2) is 12.2 Å². The van der Waals surface area contributed by atoms with Crippen LogP contribution in [0.4, 0.5) is 0 Å². The molecule has 1 heterocycles. The lowest BCUT2D eigenvalue weighted by molar-refractivity contribution is -0.172. The van der Waals surface area contributed by atoms with Gasteiger partial charge in [0.25, 0.3) is 0 Å². The van der Waals surface area contributed by atoms with Crippen LogP contribution in [0.1, 0.15) is 98.3 Å². The van der Waals surface area contributed by atoms with Crippen LogP contribution in [0, 0.1) is 5.92 Å². The molecule has 1 aliphatic carbocycles. The van der Waals surface area contributed by atoms with Gasteiger partial charge in [-0.3, -0.25) is 4.79 Å². The first kappa shape index (κ1) is 23.7. The van der Waals surface area contributed by atoms with Crippen molar-refractivity contribution in [3.8, 4) is 0 Å². The van der Waals surface area contributed by atoms with Crippen molar-refractivity contribution in [3.63, 3.8) is 0 Å². The van der Waals surface area contributed by atoms with E-state index in [-0.39, 0.29) is 22.7 Å². The lowest BCUT2D eigenvalue weighted by Gasteiger charge is -2.42. The predicted molar refractivity (Wildman–Crippen MR) is 120 cm³/mol. The van der Waals surface area contributed by atoms with Crippen LogP contribution >= 0.6 is 0 Å². The van der Waals surface area contributed by atoms with Crippen LogP contribution in [0.5, 0.6) is 0 Å². The summed E-state index contributed by atoms with van der Waals surface area (Å²) in [6, 6.07) is 0.